The van der Waals surface area contributed by atoms with E-state index in [0.717, 1.165) is 18.6 Å². The van der Waals surface area contributed by atoms with Crippen molar-refractivity contribution in [3.8, 4) is 0 Å². The first-order valence-corrected chi connectivity index (χ1v) is 8.72. The van der Waals surface area contributed by atoms with E-state index in [1.807, 2.05) is 0 Å². The first kappa shape index (κ1) is 22.4. The first-order chi connectivity index (χ1) is 12.9. The molecule has 2 rings (SSSR count). The molecule has 1 fully saturated rings. The Morgan fingerprint density at radius 3 is 1.96 bits per heavy atom. The van der Waals surface area contributed by atoms with Gasteiger partial charge in [-0.25, -0.2) is 4.39 Å². The van der Waals surface area contributed by atoms with Crippen LogP contribution in [-0.2, 0) is 5.60 Å². The summed E-state index contributed by atoms with van der Waals surface area (Å²) in [6.07, 6.45) is -6.88. The highest BCUT2D eigenvalue weighted by molar-refractivity contribution is 5.94. The van der Waals surface area contributed by atoms with Crippen LogP contribution in [0.5, 0.6) is 0 Å². The molecule has 1 amide bonds. The van der Waals surface area contributed by atoms with Gasteiger partial charge in [0.25, 0.3) is 5.91 Å². The summed E-state index contributed by atoms with van der Waals surface area (Å²) >= 11 is 0. The van der Waals surface area contributed by atoms with Crippen LogP contribution >= 0.6 is 0 Å². The lowest BCUT2D eigenvalue weighted by Crippen LogP contribution is -2.46. The van der Waals surface area contributed by atoms with Crippen molar-refractivity contribution in [2.24, 2.45) is 0 Å². The minimum Gasteiger partial charge on any atom is -0.374 e. The van der Waals surface area contributed by atoms with Crippen molar-refractivity contribution in [2.75, 3.05) is 13.2 Å². The molecule has 0 bridgehead atoms. The third kappa shape index (κ3) is 4.95. The van der Waals surface area contributed by atoms with E-state index in [0.29, 0.717) is 42.7 Å². The standard InChI is InChI=1S/C18H20F7NO2/c19-10-16(28,18(23,24)25)13-8-6-12(7-9-13)15(27)26(11-17(20,21)22)14-4-2-1-3-5-14/h6-9,14,28H,1-5,10-11H2. The molecule has 28 heavy (non-hydrogen) atoms. The van der Waals surface area contributed by atoms with Crippen molar-refractivity contribution in [1.29, 1.82) is 0 Å². The van der Waals surface area contributed by atoms with E-state index in [2.05, 4.69) is 0 Å². The Kier molecular flexibility index (Phi) is 6.62. The number of rotatable bonds is 5. The zero-order valence-corrected chi connectivity index (χ0v) is 14.8. The SMILES string of the molecule is O=C(c1ccc(C(O)(CF)C(F)(F)F)cc1)N(CC(F)(F)F)C1CCCCC1. The third-order valence-electron chi connectivity index (χ3n) is 4.90. The van der Waals surface area contributed by atoms with E-state index in [-0.39, 0.29) is 5.56 Å². The quantitative estimate of drug-likeness (QED) is 0.706. The van der Waals surface area contributed by atoms with Gasteiger partial charge < -0.3 is 10.0 Å². The van der Waals surface area contributed by atoms with Gasteiger partial charge in [0.15, 0.2) is 0 Å². The molecule has 0 saturated heterocycles. The van der Waals surface area contributed by atoms with Crippen molar-refractivity contribution >= 4 is 5.91 Å². The largest absolute Gasteiger partial charge is 0.424 e. The lowest BCUT2D eigenvalue weighted by molar-refractivity contribution is -0.271. The van der Waals surface area contributed by atoms with Crippen LogP contribution in [0.25, 0.3) is 0 Å². The van der Waals surface area contributed by atoms with Gasteiger partial charge in [-0.3, -0.25) is 4.79 Å². The second-order valence-corrected chi connectivity index (χ2v) is 6.91. The zero-order valence-electron chi connectivity index (χ0n) is 14.8. The fourth-order valence-electron chi connectivity index (χ4n) is 3.32. The number of carbonyl (C=O) groups is 1. The highest BCUT2D eigenvalue weighted by Gasteiger charge is 2.55. The molecular formula is C18H20F7NO2. The van der Waals surface area contributed by atoms with Gasteiger partial charge in [0.05, 0.1) is 0 Å². The highest BCUT2D eigenvalue weighted by Crippen LogP contribution is 2.39. The molecule has 0 spiro atoms. The number of hydrogen-bond donors (Lipinski definition) is 1. The maximum atomic E-state index is 12.9. The van der Waals surface area contributed by atoms with Gasteiger partial charge >= 0.3 is 12.4 Å². The van der Waals surface area contributed by atoms with E-state index in [1.54, 1.807) is 0 Å². The van der Waals surface area contributed by atoms with E-state index >= 15 is 0 Å². The maximum Gasteiger partial charge on any atom is 0.424 e. The molecule has 1 aromatic carbocycles. The Bertz CT molecular complexity index is 666. The fourth-order valence-corrected chi connectivity index (χ4v) is 3.32. The molecule has 1 unspecified atom stereocenters. The summed E-state index contributed by atoms with van der Waals surface area (Å²) in [5, 5.41) is 9.58. The van der Waals surface area contributed by atoms with Gasteiger partial charge in [0, 0.05) is 11.6 Å². The molecular weight excluding hydrogens is 395 g/mol. The van der Waals surface area contributed by atoms with E-state index in [9.17, 15) is 40.6 Å². The van der Waals surface area contributed by atoms with Gasteiger partial charge in [-0.15, -0.1) is 0 Å². The zero-order chi connectivity index (χ0) is 21.2. The fraction of sp³-hybridized carbons (Fsp3) is 0.611. The molecule has 0 radical (unpaired) electrons. The second-order valence-electron chi connectivity index (χ2n) is 6.91. The van der Waals surface area contributed by atoms with Crippen LogP contribution in [0.4, 0.5) is 30.7 Å². The summed E-state index contributed by atoms with van der Waals surface area (Å²) in [5.74, 6) is -0.966. The van der Waals surface area contributed by atoms with Gasteiger partial charge in [-0.2, -0.15) is 26.3 Å². The average Bonchev–Trinajstić information content (AvgIpc) is 2.64. The molecule has 1 N–H and O–H groups in total. The number of benzene rings is 1. The summed E-state index contributed by atoms with van der Waals surface area (Å²) in [6, 6.07) is 2.53. The van der Waals surface area contributed by atoms with Crippen LogP contribution < -0.4 is 0 Å². The molecule has 0 aromatic heterocycles. The highest BCUT2D eigenvalue weighted by atomic mass is 19.4. The van der Waals surface area contributed by atoms with Crippen LogP contribution in [0.1, 0.15) is 48.0 Å². The van der Waals surface area contributed by atoms with E-state index in [1.165, 1.54) is 0 Å². The molecule has 3 nitrogen and oxygen atoms in total. The summed E-state index contributed by atoms with van der Waals surface area (Å²) in [6.45, 7) is -3.60. The minimum absolute atomic E-state index is 0.262. The molecule has 1 aliphatic carbocycles. The molecule has 10 heteroatoms. The van der Waals surface area contributed by atoms with E-state index in [4.69, 9.17) is 0 Å². The lowest BCUT2D eigenvalue weighted by atomic mass is 9.92. The Balaban J connectivity index is 2.29. The number of halogens is 7. The molecule has 0 aliphatic heterocycles. The number of nitrogens with zero attached hydrogens (tertiary/aromatic N) is 1. The smallest absolute Gasteiger partial charge is 0.374 e. The molecule has 1 aliphatic rings. The van der Waals surface area contributed by atoms with Crippen molar-refractivity contribution in [3.05, 3.63) is 35.4 Å². The topological polar surface area (TPSA) is 40.5 Å². The van der Waals surface area contributed by atoms with Gasteiger partial charge in [-0.1, -0.05) is 31.4 Å². The lowest BCUT2D eigenvalue weighted by Gasteiger charge is -2.35. The molecule has 1 saturated carbocycles. The predicted octanol–water partition coefficient (Wildman–Crippen LogP) is 4.74. The number of amides is 1. The molecule has 1 atom stereocenters. The van der Waals surface area contributed by atoms with Gasteiger partial charge in [0.2, 0.25) is 5.60 Å². The summed E-state index contributed by atoms with van der Waals surface area (Å²) < 4.78 is 90.4. The van der Waals surface area contributed by atoms with Crippen molar-refractivity contribution < 1.29 is 40.6 Å². The molecule has 1 aromatic rings. The van der Waals surface area contributed by atoms with Crippen molar-refractivity contribution in [1.82, 2.24) is 4.90 Å². The number of carbonyl (C=O) groups excluding carboxylic acids is 1. The Labute approximate surface area is 157 Å². The predicted molar refractivity (Wildman–Crippen MR) is 86.3 cm³/mol. The summed E-state index contributed by atoms with van der Waals surface area (Å²) in [7, 11) is 0. The molecule has 158 valence electrons. The average molecular weight is 415 g/mol. The second kappa shape index (κ2) is 8.26. The maximum absolute atomic E-state index is 12.9. The third-order valence-corrected chi connectivity index (χ3v) is 4.90. The Morgan fingerprint density at radius 1 is 1.00 bits per heavy atom. The summed E-state index contributed by atoms with van der Waals surface area (Å²) in [4.78, 5) is 13.3. The van der Waals surface area contributed by atoms with Crippen molar-refractivity contribution in [2.45, 2.75) is 56.1 Å². The van der Waals surface area contributed by atoms with Gasteiger partial charge in [0.1, 0.15) is 13.2 Å². The van der Waals surface area contributed by atoms with Crippen LogP contribution in [0.3, 0.4) is 0 Å². The Morgan fingerprint density at radius 2 is 1.54 bits per heavy atom. The van der Waals surface area contributed by atoms with E-state index < -0.39 is 48.7 Å². The number of hydrogen-bond acceptors (Lipinski definition) is 2. The van der Waals surface area contributed by atoms with Crippen LogP contribution in [0, 0.1) is 0 Å². The van der Waals surface area contributed by atoms with Crippen LogP contribution in [0.2, 0.25) is 0 Å². The van der Waals surface area contributed by atoms with Crippen LogP contribution in [0.15, 0.2) is 24.3 Å². The molecule has 0 heterocycles. The minimum atomic E-state index is -5.29. The number of alkyl halides is 7. The van der Waals surface area contributed by atoms with Crippen LogP contribution in [-0.4, -0.2) is 47.5 Å². The monoisotopic (exact) mass is 415 g/mol. The van der Waals surface area contributed by atoms with Crippen molar-refractivity contribution in [3.63, 3.8) is 0 Å². The van der Waals surface area contributed by atoms with Gasteiger partial charge in [-0.05, 0) is 30.5 Å². The number of aliphatic hydroxyl groups is 1. The summed E-state index contributed by atoms with van der Waals surface area (Å²) in [5.41, 5.74) is -4.84. The first-order valence-electron chi connectivity index (χ1n) is 8.72. The normalized spacial score (nSPS) is 18.6. The Hall–Kier alpha value is -1.84.